The fourth-order valence-electron chi connectivity index (χ4n) is 1.04. The van der Waals surface area contributed by atoms with E-state index >= 15 is 0 Å². The maximum absolute atomic E-state index is 10.7. The van der Waals surface area contributed by atoms with E-state index in [4.69, 9.17) is 5.11 Å². The van der Waals surface area contributed by atoms with Crippen LogP contribution in [0.5, 0.6) is 5.75 Å². The molecule has 0 aliphatic rings. The molecule has 0 radical (unpaired) electrons. The fourth-order valence-corrected chi connectivity index (χ4v) is 1.04. The van der Waals surface area contributed by atoms with Gasteiger partial charge in [-0.2, -0.15) is 0 Å². The van der Waals surface area contributed by atoms with E-state index in [-0.39, 0.29) is 17.0 Å². The van der Waals surface area contributed by atoms with E-state index in [1.165, 1.54) is 0 Å². The highest BCUT2D eigenvalue weighted by Gasteiger charge is 2.17. The molecule has 0 amide bonds. The Hall–Kier alpha value is -2.44. The second-order valence-corrected chi connectivity index (χ2v) is 2.84. The molecule has 84 valence electrons. The molecule has 0 aliphatic carbocycles. The summed E-state index contributed by atoms with van der Waals surface area (Å²) in [5.74, 6) is -2.41. The van der Waals surface area contributed by atoms with Crippen LogP contribution in [-0.4, -0.2) is 22.0 Å². The molecule has 16 heavy (non-hydrogen) atoms. The third-order valence-electron chi connectivity index (χ3n) is 1.66. The molecule has 0 heterocycles. The Morgan fingerprint density at radius 3 is 2.50 bits per heavy atom. The maximum atomic E-state index is 10.7. The van der Waals surface area contributed by atoms with Crippen molar-refractivity contribution >= 4 is 17.6 Å². The summed E-state index contributed by atoms with van der Waals surface area (Å²) in [5.41, 5.74) is -0.651. The Morgan fingerprint density at radius 2 is 2.06 bits per heavy atom. The highest BCUT2D eigenvalue weighted by atomic mass is 16.6. The molecule has 0 fully saturated rings. The number of hydrogen-bond acceptors (Lipinski definition) is 5. The summed E-state index contributed by atoms with van der Waals surface area (Å²) >= 11 is 0. The summed E-state index contributed by atoms with van der Waals surface area (Å²) in [7, 11) is 0. The van der Waals surface area contributed by atoms with E-state index in [2.05, 4.69) is 4.74 Å². The third-order valence-corrected chi connectivity index (χ3v) is 1.66. The lowest BCUT2D eigenvalue weighted by Crippen LogP contribution is -2.07. The summed E-state index contributed by atoms with van der Waals surface area (Å²) in [4.78, 5) is 31.1. The van der Waals surface area contributed by atoms with Crippen LogP contribution >= 0.6 is 0 Å². The average Bonchev–Trinajstić information content (AvgIpc) is 2.15. The van der Waals surface area contributed by atoms with Crippen molar-refractivity contribution in [3.05, 3.63) is 33.9 Å². The molecular weight excluding hydrogens is 218 g/mol. The minimum Gasteiger partial charge on any atom is -0.478 e. The smallest absolute Gasteiger partial charge is 0.339 e. The number of rotatable bonds is 3. The number of hydrogen-bond donors (Lipinski definition) is 1. The first kappa shape index (κ1) is 11.6. The molecule has 0 atom stereocenters. The zero-order valence-electron chi connectivity index (χ0n) is 8.17. The first-order chi connectivity index (χ1) is 7.41. The van der Waals surface area contributed by atoms with Crippen LogP contribution in [0.15, 0.2) is 18.2 Å². The topological polar surface area (TPSA) is 107 Å². The standard InChI is InChI=1S/C9H7NO6/c1-5(11)16-8-4-6(10(14)15)2-3-7(8)9(12)13/h2-4H,1H3,(H,12,13). The van der Waals surface area contributed by atoms with Crippen LogP contribution in [0.2, 0.25) is 0 Å². The second-order valence-electron chi connectivity index (χ2n) is 2.84. The van der Waals surface area contributed by atoms with Crippen molar-refractivity contribution in [2.45, 2.75) is 6.92 Å². The lowest BCUT2D eigenvalue weighted by molar-refractivity contribution is -0.384. The van der Waals surface area contributed by atoms with Crippen molar-refractivity contribution in [3.63, 3.8) is 0 Å². The van der Waals surface area contributed by atoms with Crippen LogP contribution in [0.1, 0.15) is 17.3 Å². The normalized spacial score (nSPS) is 9.56. The Morgan fingerprint density at radius 1 is 1.44 bits per heavy atom. The number of non-ortho nitro benzene ring substituents is 1. The van der Waals surface area contributed by atoms with Crippen LogP contribution in [0.25, 0.3) is 0 Å². The molecule has 1 aromatic carbocycles. The van der Waals surface area contributed by atoms with Gasteiger partial charge < -0.3 is 9.84 Å². The molecule has 1 rings (SSSR count). The van der Waals surface area contributed by atoms with Gasteiger partial charge in [0, 0.05) is 13.0 Å². The molecule has 1 aromatic rings. The van der Waals surface area contributed by atoms with Gasteiger partial charge in [-0.3, -0.25) is 14.9 Å². The minimum atomic E-state index is -1.33. The van der Waals surface area contributed by atoms with Crippen LogP contribution in [0.3, 0.4) is 0 Å². The van der Waals surface area contributed by atoms with Gasteiger partial charge in [-0.05, 0) is 6.07 Å². The quantitative estimate of drug-likeness (QED) is 0.358. The lowest BCUT2D eigenvalue weighted by atomic mass is 10.2. The van der Waals surface area contributed by atoms with Crippen LogP contribution in [0.4, 0.5) is 5.69 Å². The van der Waals surface area contributed by atoms with E-state index in [1.807, 2.05) is 0 Å². The molecular formula is C9H7NO6. The van der Waals surface area contributed by atoms with Crippen molar-refractivity contribution in [2.75, 3.05) is 0 Å². The highest BCUT2D eigenvalue weighted by Crippen LogP contribution is 2.24. The molecule has 7 heteroatoms. The SMILES string of the molecule is CC(=O)Oc1cc([N+](=O)[O-])ccc1C(=O)O. The molecule has 1 N–H and O–H groups in total. The molecule has 0 aromatic heterocycles. The van der Waals surface area contributed by atoms with Crippen molar-refractivity contribution in [2.24, 2.45) is 0 Å². The molecule has 0 saturated heterocycles. The molecule has 0 saturated carbocycles. The van der Waals surface area contributed by atoms with Gasteiger partial charge in [0.05, 0.1) is 11.0 Å². The average molecular weight is 225 g/mol. The van der Waals surface area contributed by atoms with E-state index in [9.17, 15) is 19.7 Å². The highest BCUT2D eigenvalue weighted by molar-refractivity contribution is 5.92. The van der Waals surface area contributed by atoms with E-state index in [0.717, 1.165) is 25.1 Å². The monoisotopic (exact) mass is 225 g/mol. The van der Waals surface area contributed by atoms with Crippen LogP contribution < -0.4 is 4.74 Å². The lowest BCUT2D eigenvalue weighted by Gasteiger charge is -2.04. The predicted octanol–water partition coefficient (Wildman–Crippen LogP) is 1.22. The summed E-state index contributed by atoms with van der Waals surface area (Å²) in [6.45, 7) is 1.07. The van der Waals surface area contributed by atoms with Crippen molar-refractivity contribution in [1.29, 1.82) is 0 Å². The largest absolute Gasteiger partial charge is 0.478 e. The van der Waals surface area contributed by atoms with Crippen molar-refractivity contribution < 1.29 is 24.4 Å². The van der Waals surface area contributed by atoms with Crippen molar-refractivity contribution in [1.82, 2.24) is 0 Å². The van der Waals surface area contributed by atoms with Gasteiger partial charge in [-0.15, -0.1) is 0 Å². The zero-order valence-corrected chi connectivity index (χ0v) is 8.17. The number of nitrogens with zero attached hydrogens (tertiary/aromatic N) is 1. The van der Waals surface area contributed by atoms with Gasteiger partial charge in [-0.1, -0.05) is 0 Å². The van der Waals surface area contributed by atoms with Gasteiger partial charge in [0.2, 0.25) is 0 Å². The summed E-state index contributed by atoms with van der Waals surface area (Å²) in [6.07, 6.45) is 0. The first-order valence-electron chi connectivity index (χ1n) is 4.12. The summed E-state index contributed by atoms with van der Waals surface area (Å²) in [6, 6.07) is 2.93. The molecule has 0 aliphatic heterocycles. The van der Waals surface area contributed by atoms with E-state index < -0.39 is 16.9 Å². The first-order valence-corrected chi connectivity index (χ1v) is 4.12. The number of carbonyl (C=O) groups is 2. The second kappa shape index (κ2) is 4.39. The summed E-state index contributed by atoms with van der Waals surface area (Å²) in [5, 5.41) is 19.2. The number of carboxylic acid groups (broad SMARTS) is 1. The number of benzene rings is 1. The van der Waals surface area contributed by atoms with E-state index in [0.29, 0.717) is 0 Å². The van der Waals surface area contributed by atoms with Gasteiger partial charge in [0.1, 0.15) is 5.56 Å². The number of esters is 1. The van der Waals surface area contributed by atoms with Crippen molar-refractivity contribution in [3.8, 4) is 5.75 Å². The molecule has 0 unspecified atom stereocenters. The van der Waals surface area contributed by atoms with E-state index in [1.54, 1.807) is 0 Å². The third kappa shape index (κ3) is 2.53. The number of carbonyl (C=O) groups excluding carboxylic acids is 1. The molecule has 7 nitrogen and oxygen atoms in total. The van der Waals surface area contributed by atoms with Crippen LogP contribution in [-0.2, 0) is 4.79 Å². The maximum Gasteiger partial charge on any atom is 0.339 e. The Balaban J connectivity index is 3.26. The summed E-state index contributed by atoms with van der Waals surface area (Å²) < 4.78 is 4.57. The Kier molecular flexibility index (Phi) is 3.19. The Labute approximate surface area is 89.4 Å². The fraction of sp³-hybridized carbons (Fsp3) is 0.111. The molecule has 0 bridgehead atoms. The number of ether oxygens (including phenoxy) is 1. The van der Waals surface area contributed by atoms with Gasteiger partial charge in [0.25, 0.3) is 5.69 Å². The Bertz CT molecular complexity index is 467. The number of nitro benzene ring substituents is 1. The van der Waals surface area contributed by atoms with Crippen LogP contribution in [0, 0.1) is 10.1 Å². The number of carboxylic acids is 1. The van der Waals surface area contributed by atoms with Gasteiger partial charge >= 0.3 is 11.9 Å². The van der Waals surface area contributed by atoms with Gasteiger partial charge in [-0.25, -0.2) is 4.79 Å². The number of aromatic carboxylic acids is 1. The predicted molar refractivity (Wildman–Crippen MR) is 51.4 cm³/mol. The number of nitro groups is 1. The minimum absolute atomic E-state index is 0.305. The molecule has 0 spiro atoms. The zero-order chi connectivity index (χ0) is 12.3. The van der Waals surface area contributed by atoms with Gasteiger partial charge in [0.15, 0.2) is 5.75 Å².